The number of rotatable bonds is 12. The van der Waals surface area contributed by atoms with Crippen LogP contribution in [0.4, 0.5) is 0 Å². The molecule has 0 fully saturated rings. The molecule has 0 aromatic heterocycles. The Labute approximate surface area is 155 Å². The van der Waals surface area contributed by atoms with Crippen LogP contribution < -0.4 is 20.7 Å². The zero-order valence-electron chi connectivity index (χ0n) is 15.8. The molecule has 26 heavy (non-hydrogen) atoms. The quantitative estimate of drug-likeness (QED) is 0.286. The van der Waals surface area contributed by atoms with Gasteiger partial charge >= 0.3 is 0 Å². The molecule has 0 radical (unpaired) electrons. The third-order valence-electron chi connectivity index (χ3n) is 3.45. The monoisotopic (exact) mass is 366 g/mol. The standard InChI is InChI=1S/C18H30N4O4/c1-19-18(21-8-5-11-26-13-12-24-2)22-10-9-20-17(23)15-6-4-7-16(14-15)25-3/h4,6-7,14H,5,8-13H2,1-3H3,(H,20,23)(H2,19,21,22). The van der Waals surface area contributed by atoms with E-state index in [1.165, 1.54) is 0 Å². The van der Waals surface area contributed by atoms with Crippen LogP contribution in [0.3, 0.4) is 0 Å². The Morgan fingerprint density at radius 1 is 1.04 bits per heavy atom. The molecule has 1 aromatic rings. The van der Waals surface area contributed by atoms with Crippen molar-refractivity contribution in [1.29, 1.82) is 0 Å². The molecule has 3 N–H and O–H groups in total. The van der Waals surface area contributed by atoms with Gasteiger partial charge in [0.15, 0.2) is 5.96 Å². The SMILES string of the molecule is CN=C(NCCCOCCOC)NCCNC(=O)c1cccc(OC)c1. The third kappa shape index (κ3) is 9.24. The van der Waals surface area contributed by atoms with E-state index < -0.39 is 0 Å². The molecule has 8 heteroatoms. The van der Waals surface area contributed by atoms with E-state index in [2.05, 4.69) is 20.9 Å². The van der Waals surface area contributed by atoms with Gasteiger partial charge in [0.1, 0.15) is 5.75 Å². The first-order valence-electron chi connectivity index (χ1n) is 8.64. The molecule has 0 saturated heterocycles. The summed E-state index contributed by atoms with van der Waals surface area (Å²) in [5.74, 6) is 1.21. The Balaban J connectivity index is 2.15. The van der Waals surface area contributed by atoms with Gasteiger partial charge in [-0.3, -0.25) is 9.79 Å². The zero-order valence-corrected chi connectivity index (χ0v) is 15.8. The summed E-state index contributed by atoms with van der Waals surface area (Å²) >= 11 is 0. The molecule has 1 aromatic carbocycles. The maximum atomic E-state index is 12.1. The predicted octanol–water partition coefficient (Wildman–Crippen LogP) is 0.643. The largest absolute Gasteiger partial charge is 0.497 e. The Morgan fingerprint density at radius 2 is 1.81 bits per heavy atom. The number of methoxy groups -OCH3 is 2. The summed E-state index contributed by atoms with van der Waals surface area (Å²) < 4.78 is 15.4. The topological polar surface area (TPSA) is 93.2 Å². The van der Waals surface area contributed by atoms with Gasteiger partial charge in [0, 0.05) is 46.0 Å². The second kappa shape index (κ2) is 13.9. The van der Waals surface area contributed by atoms with Crippen LogP contribution in [-0.2, 0) is 9.47 Å². The lowest BCUT2D eigenvalue weighted by Crippen LogP contribution is -2.42. The number of guanidine groups is 1. The molecule has 0 unspecified atom stereocenters. The number of benzene rings is 1. The van der Waals surface area contributed by atoms with Gasteiger partial charge in [0.05, 0.1) is 20.3 Å². The first-order chi connectivity index (χ1) is 12.7. The fraction of sp³-hybridized carbons (Fsp3) is 0.556. The van der Waals surface area contributed by atoms with Crippen LogP contribution in [0.5, 0.6) is 5.75 Å². The van der Waals surface area contributed by atoms with E-state index in [1.807, 2.05) is 0 Å². The molecule has 0 spiro atoms. The molecule has 0 atom stereocenters. The molecular weight excluding hydrogens is 336 g/mol. The highest BCUT2D eigenvalue weighted by Gasteiger charge is 2.05. The van der Waals surface area contributed by atoms with Gasteiger partial charge in [-0.15, -0.1) is 0 Å². The van der Waals surface area contributed by atoms with Crippen molar-refractivity contribution in [3.63, 3.8) is 0 Å². The molecule has 0 aliphatic carbocycles. The van der Waals surface area contributed by atoms with Crippen LogP contribution in [0.25, 0.3) is 0 Å². The maximum Gasteiger partial charge on any atom is 0.251 e. The summed E-state index contributed by atoms with van der Waals surface area (Å²) in [5, 5.41) is 9.20. The molecule has 1 amide bonds. The van der Waals surface area contributed by atoms with Crippen LogP contribution in [0.2, 0.25) is 0 Å². The van der Waals surface area contributed by atoms with Crippen LogP contribution in [0.15, 0.2) is 29.3 Å². The summed E-state index contributed by atoms with van der Waals surface area (Å²) in [6.07, 6.45) is 0.872. The number of nitrogens with one attached hydrogen (secondary N) is 3. The Hall–Kier alpha value is -2.32. The third-order valence-corrected chi connectivity index (χ3v) is 3.45. The average molecular weight is 366 g/mol. The molecule has 0 bridgehead atoms. The van der Waals surface area contributed by atoms with Crippen molar-refractivity contribution >= 4 is 11.9 Å². The highest BCUT2D eigenvalue weighted by molar-refractivity contribution is 5.94. The lowest BCUT2D eigenvalue weighted by Gasteiger charge is -2.12. The van der Waals surface area contributed by atoms with Crippen molar-refractivity contribution in [3.05, 3.63) is 29.8 Å². The number of carbonyl (C=O) groups is 1. The minimum Gasteiger partial charge on any atom is -0.497 e. The van der Waals surface area contributed by atoms with Gasteiger partial charge in [0.25, 0.3) is 5.91 Å². The summed E-state index contributed by atoms with van der Waals surface area (Å²) in [5.41, 5.74) is 0.570. The molecular formula is C18H30N4O4. The smallest absolute Gasteiger partial charge is 0.251 e. The summed E-state index contributed by atoms with van der Waals surface area (Å²) in [6, 6.07) is 7.05. The number of amides is 1. The van der Waals surface area contributed by atoms with Crippen molar-refractivity contribution in [2.45, 2.75) is 6.42 Å². The summed E-state index contributed by atoms with van der Waals surface area (Å²) in [4.78, 5) is 16.2. The average Bonchev–Trinajstić information content (AvgIpc) is 2.68. The lowest BCUT2D eigenvalue weighted by atomic mass is 10.2. The molecule has 0 saturated carbocycles. The number of aliphatic imine (C=N–C) groups is 1. The Kier molecular flexibility index (Phi) is 11.6. The van der Waals surface area contributed by atoms with Crippen LogP contribution in [-0.4, -0.2) is 72.6 Å². The summed E-state index contributed by atoms with van der Waals surface area (Å²) in [7, 11) is 4.93. The van der Waals surface area contributed by atoms with E-state index >= 15 is 0 Å². The first kappa shape index (κ1) is 21.7. The normalized spacial score (nSPS) is 11.1. The molecule has 0 heterocycles. The molecule has 1 rings (SSSR count). The van der Waals surface area contributed by atoms with Crippen LogP contribution >= 0.6 is 0 Å². The minimum atomic E-state index is -0.137. The fourth-order valence-corrected chi connectivity index (χ4v) is 2.07. The Bertz CT molecular complexity index is 552. The van der Waals surface area contributed by atoms with Crippen molar-refractivity contribution in [3.8, 4) is 5.75 Å². The first-order valence-corrected chi connectivity index (χ1v) is 8.64. The van der Waals surface area contributed by atoms with E-state index in [9.17, 15) is 4.79 Å². The number of hydrogen-bond donors (Lipinski definition) is 3. The number of hydrogen-bond acceptors (Lipinski definition) is 5. The summed E-state index contributed by atoms with van der Waals surface area (Å²) in [6.45, 7) is 3.69. The van der Waals surface area contributed by atoms with Crippen molar-refractivity contribution in [2.24, 2.45) is 4.99 Å². The minimum absolute atomic E-state index is 0.137. The fourth-order valence-electron chi connectivity index (χ4n) is 2.07. The lowest BCUT2D eigenvalue weighted by molar-refractivity contribution is 0.0698. The van der Waals surface area contributed by atoms with E-state index in [4.69, 9.17) is 14.2 Å². The molecule has 146 valence electrons. The van der Waals surface area contributed by atoms with Gasteiger partial charge in [-0.2, -0.15) is 0 Å². The Morgan fingerprint density at radius 3 is 2.54 bits per heavy atom. The highest BCUT2D eigenvalue weighted by atomic mass is 16.5. The number of ether oxygens (including phenoxy) is 3. The number of carbonyl (C=O) groups excluding carboxylic acids is 1. The van der Waals surface area contributed by atoms with Crippen molar-refractivity contribution < 1.29 is 19.0 Å². The maximum absolute atomic E-state index is 12.1. The van der Waals surface area contributed by atoms with Gasteiger partial charge < -0.3 is 30.2 Å². The van der Waals surface area contributed by atoms with Gasteiger partial charge in [-0.1, -0.05) is 6.07 Å². The van der Waals surface area contributed by atoms with Gasteiger partial charge in [-0.05, 0) is 24.6 Å². The van der Waals surface area contributed by atoms with E-state index in [0.717, 1.165) is 13.0 Å². The molecule has 0 aliphatic heterocycles. The van der Waals surface area contributed by atoms with Gasteiger partial charge in [-0.25, -0.2) is 0 Å². The zero-order chi connectivity index (χ0) is 19.0. The highest BCUT2D eigenvalue weighted by Crippen LogP contribution is 2.12. The van der Waals surface area contributed by atoms with E-state index in [-0.39, 0.29) is 5.91 Å². The van der Waals surface area contributed by atoms with Crippen LogP contribution in [0, 0.1) is 0 Å². The second-order valence-electron chi connectivity index (χ2n) is 5.37. The van der Waals surface area contributed by atoms with Crippen molar-refractivity contribution in [1.82, 2.24) is 16.0 Å². The number of nitrogens with zero attached hydrogens (tertiary/aromatic N) is 1. The second-order valence-corrected chi connectivity index (χ2v) is 5.37. The van der Waals surface area contributed by atoms with E-state index in [0.29, 0.717) is 50.2 Å². The predicted molar refractivity (Wildman–Crippen MR) is 102 cm³/mol. The van der Waals surface area contributed by atoms with E-state index in [1.54, 1.807) is 45.5 Å². The van der Waals surface area contributed by atoms with Crippen LogP contribution in [0.1, 0.15) is 16.8 Å². The molecule has 0 aliphatic rings. The molecule has 8 nitrogen and oxygen atoms in total. The van der Waals surface area contributed by atoms with Crippen molar-refractivity contribution in [2.75, 3.05) is 60.7 Å². The van der Waals surface area contributed by atoms with Gasteiger partial charge in [0.2, 0.25) is 0 Å².